The molecule has 0 spiro atoms. The van der Waals surface area contributed by atoms with Gasteiger partial charge < -0.3 is 10.2 Å². The van der Waals surface area contributed by atoms with Gasteiger partial charge in [0.25, 0.3) is 0 Å². The van der Waals surface area contributed by atoms with Crippen molar-refractivity contribution in [2.45, 2.75) is 53.0 Å². The number of likely N-dealkylation sites (N-methyl/N-ethyl adjacent to an activating group) is 1. The van der Waals surface area contributed by atoms with E-state index in [0.717, 1.165) is 19.0 Å². The third kappa shape index (κ3) is 11.8. The molecule has 0 amide bonds. The van der Waals surface area contributed by atoms with Crippen molar-refractivity contribution in [2.24, 2.45) is 5.92 Å². The first-order valence-corrected chi connectivity index (χ1v) is 6.25. The number of rotatable bonds is 7. The van der Waals surface area contributed by atoms with Crippen LogP contribution in [0.5, 0.6) is 0 Å². The lowest BCUT2D eigenvalue weighted by atomic mass is 10.1. The predicted molar refractivity (Wildman–Crippen MR) is 69.3 cm³/mol. The van der Waals surface area contributed by atoms with Gasteiger partial charge in [-0.1, -0.05) is 13.8 Å². The maximum atomic E-state index is 3.51. The minimum Gasteiger partial charge on any atom is -0.311 e. The Hall–Kier alpha value is -0.0800. The van der Waals surface area contributed by atoms with Crippen molar-refractivity contribution < 1.29 is 0 Å². The molecule has 1 N–H and O–H groups in total. The van der Waals surface area contributed by atoms with Gasteiger partial charge in [0.05, 0.1) is 0 Å². The minimum atomic E-state index is 0.249. The van der Waals surface area contributed by atoms with E-state index in [1.54, 1.807) is 0 Å². The van der Waals surface area contributed by atoms with Gasteiger partial charge in [0.2, 0.25) is 0 Å². The normalized spacial score (nSPS) is 12.8. The molecule has 0 rings (SSSR count). The molecule has 0 saturated carbocycles. The molecule has 0 aromatic carbocycles. The van der Waals surface area contributed by atoms with Gasteiger partial charge >= 0.3 is 0 Å². The van der Waals surface area contributed by atoms with E-state index >= 15 is 0 Å². The summed E-state index contributed by atoms with van der Waals surface area (Å²) in [6.45, 7) is 14.7. The van der Waals surface area contributed by atoms with Gasteiger partial charge in [-0.15, -0.1) is 0 Å². The second-order valence-electron chi connectivity index (χ2n) is 6.02. The fourth-order valence-corrected chi connectivity index (χ4v) is 1.50. The van der Waals surface area contributed by atoms with Crippen molar-refractivity contribution in [3.63, 3.8) is 0 Å². The SMILES string of the molecule is CC(C)CCCN(C)CCNC(C)(C)C. The molecule has 0 aromatic heterocycles. The van der Waals surface area contributed by atoms with Crippen LogP contribution in [0.2, 0.25) is 0 Å². The predicted octanol–water partition coefficient (Wildman–Crippen LogP) is 2.74. The molecular formula is C13H30N2. The number of hydrogen-bond acceptors (Lipinski definition) is 2. The van der Waals surface area contributed by atoms with E-state index in [1.165, 1.54) is 19.4 Å². The standard InChI is InChI=1S/C13H30N2/c1-12(2)8-7-10-15(6)11-9-14-13(3,4)5/h12,14H,7-11H2,1-6H3. The summed E-state index contributed by atoms with van der Waals surface area (Å²) < 4.78 is 0. The summed E-state index contributed by atoms with van der Waals surface area (Å²) in [5, 5.41) is 3.51. The highest BCUT2D eigenvalue weighted by Gasteiger charge is 2.08. The largest absolute Gasteiger partial charge is 0.311 e. The molecule has 0 bridgehead atoms. The van der Waals surface area contributed by atoms with Crippen LogP contribution in [-0.4, -0.2) is 37.1 Å². The number of nitrogens with zero attached hydrogens (tertiary/aromatic N) is 1. The Morgan fingerprint density at radius 3 is 2.20 bits per heavy atom. The van der Waals surface area contributed by atoms with Gasteiger partial charge in [0.15, 0.2) is 0 Å². The summed E-state index contributed by atoms with van der Waals surface area (Å²) in [6.07, 6.45) is 2.67. The van der Waals surface area contributed by atoms with Crippen LogP contribution in [0, 0.1) is 5.92 Å². The second-order valence-corrected chi connectivity index (χ2v) is 6.02. The molecule has 0 aromatic rings. The fourth-order valence-electron chi connectivity index (χ4n) is 1.50. The van der Waals surface area contributed by atoms with Gasteiger partial charge in [-0.25, -0.2) is 0 Å². The van der Waals surface area contributed by atoms with Crippen molar-refractivity contribution >= 4 is 0 Å². The first-order valence-electron chi connectivity index (χ1n) is 6.25. The summed E-state index contributed by atoms with van der Waals surface area (Å²) in [4.78, 5) is 2.42. The highest BCUT2D eigenvalue weighted by atomic mass is 15.1. The molecule has 0 aliphatic heterocycles. The summed E-state index contributed by atoms with van der Waals surface area (Å²) in [6, 6.07) is 0. The Balaban J connectivity index is 3.37. The lowest BCUT2D eigenvalue weighted by Gasteiger charge is -2.23. The quantitative estimate of drug-likeness (QED) is 0.701. The molecule has 92 valence electrons. The van der Waals surface area contributed by atoms with E-state index in [0.29, 0.717) is 0 Å². The van der Waals surface area contributed by atoms with Crippen LogP contribution in [0.15, 0.2) is 0 Å². The fraction of sp³-hybridized carbons (Fsp3) is 1.00. The van der Waals surface area contributed by atoms with Crippen LogP contribution >= 0.6 is 0 Å². The van der Waals surface area contributed by atoms with Crippen LogP contribution < -0.4 is 5.32 Å². The van der Waals surface area contributed by atoms with Crippen molar-refractivity contribution in [1.82, 2.24) is 10.2 Å². The third-order valence-electron chi connectivity index (χ3n) is 2.47. The zero-order valence-corrected chi connectivity index (χ0v) is 11.6. The second kappa shape index (κ2) is 7.24. The van der Waals surface area contributed by atoms with Gasteiger partial charge in [0.1, 0.15) is 0 Å². The first kappa shape index (κ1) is 14.9. The van der Waals surface area contributed by atoms with Crippen molar-refractivity contribution in [2.75, 3.05) is 26.7 Å². The van der Waals surface area contributed by atoms with Crippen molar-refractivity contribution in [3.05, 3.63) is 0 Å². The molecule has 2 heteroatoms. The number of nitrogens with one attached hydrogen (secondary N) is 1. The molecule has 15 heavy (non-hydrogen) atoms. The van der Waals surface area contributed by atoms with E-state index in [9.17, 15) is 0 Å². The van der Waals surface area contributed by atoms with Crippen LogP contribution in [0.25, 0.3) is 0 Å². The maximum absolute atomic E-state index is 3.51. The highest BCUT2D eigenvalue weighted by molar-refractivity contribution is 4.70. The summed E-state index contributed by atoms with van der Waals surface area (Å²) in [7, 11) is 2.21. The van der Waals surface area contributed by atoms with Crippen molar-refractivity contribution in [3.8, 4) is 0 Å². The van der Waals surface area contributed by atoms with Crippen molar-refractivity contribution in [1.29, 1.82) is 0 Å². The molecule has 0 saturated heterocycles. The molecule has 2 nitrogen and oxygen atoms in total. The van der Waals surface area contributed by atoms with Crippen LogP contribution in [0.3, 0.4) is 0 Å². The zero-order valence-electron chi connectivity index (χ0n) is 11.6. The molecular weight excluding hydrogens is 184 g/mol. The molecule has 0 aliphatic rings. The Kier molecular flexibility index (Phi) is 7.20. The molecule has 0 unspecified atom stereocenters. The third-order valence-corrected chi connectivity index (χ3v) is 2.47. The lowest BCUT2D eigenvalue weighted by molar-refractivity contribution is 0.298. The van der Waals surface area contributed by atoms with Crippen LogP contribution in [-0.2, 0) is 0 Å². The lowest BCUT2D eigenvalue weighted by Crippen LogP contribution is -2.40. The molecule has 0 fully saturated rings. The topological polar surface area (TPSA) is 15.3 Å². The average molecular weight is 214 g/mol. The van der Waals surface area contributed by atoms with Gasteiger partial charge in [-0.05, 0) is 53.1 Å². The summed E-state index contributed by atoms with van der Waals surface area (Å²) in [5.41, 5.74) is 0.249. The van der Waals surface area contributed by atoms with Gasteiger partial charge in [-0.2, -0.15) is 0 Å². The molecule has 0 heterocycles. The zero-order chi connectivity index (χ0) is 11.9. The molecule has 0 radical (unpaired) electrons. The number of hydrogen-bond donors (Lipinski definition) is 1. The van der Waals surface area contributed by atoms with E-state index in [-0.39, 0.29) is 5.54 Å². The Labute approximate surface area is 96.4 Å². The average Bonchev–Trinajstić information content (AvgIpc) is 2.00. The van der Waals surface area contributed by atoms with E-state index in [1.807, 2.05) is 0 Å². The Morgan fingerprint density at radius 1 is 1.13 bits per heavy atom. The highest BCUT2D eigenvalue weighted by Crippen LogP contribution is 2.04. The Morgan fingerprint density at radius 2 is 1.73 bits per heavy atom. The Bertz CT molecular complexity index is 147. The van der Waals surface area contributed by atoms with E-state index in [4.69, 9.17) is 0 Å². The van der Waals surface area contributed by atoms with Gasteiger partial charge in [0, 0.05) is 18.6 Å². The van der Waals surface area contributed by atoms with E-state index in [2.05, 4.69) is 51.9 Å². The summed E-state index contributed by atoms with van der Waals surface area (Å²) in [5.74, 6) is 0.839. The molecule has 0 aliphatic carbocycles. The van der Waals surface area contributed by atoms with Crippen LogP contribution in [0.4, 0.5) is 0 Å². The first-order chi connectivity index (χ1) is 6.81. The molecule has 0 atom stereocenters. The van der Waals surface area contributed by atoms with Crippen LogP contribution in [0.1, 0.15) is 47.5 Å². The van der Waals surface area contributed by atoms with Gasteiger partial charge in [-0.3, -0.25) is 0 Å². The monoisotopic (exact) mass is 214 g/mol. The minimum absolute atomic E-state index is 0.249. The smallest absolute Gasteiger partial charge is 0.0104 e. The summed E-state index contributed by atoms with van der Waals surface area (Å²) >= 11 is 0. The maximum Gasteiger partial charge on any atom is 0.0104 e. The van der Waals surface area contributed by atoms with E-state index < -0.39 is 0 Å².